The van der Waals surface area contributed by atoms with Crippen LogP contribution in [0.1, 0.15) is 5.56 Å². The summed E-state index contributed by atoms with van der Waals surface area (Å²) in [6.07, 6.45) is 1.58. The number of hydrogen-bond acceptors (Lipinski definition) is 5. The highest BCUT2D eigenvalue weighted by molar-refractivity contribution is 5.71. The highest BCUT2D eigenvalue weighted by Gasteiger charge is 2.14. The molecular weight excluding hydrogens is 331 g/mol. The second-order valence-electron chi connectivity index (χ2n) is 5.76. The van der Waals surface area contributed by atoms with Crippen molar-refractivity contribution in [1.82, 2.24) is 15.1 Å². The second-order valence-corrected chi connectivity index (χ2v) is 5.76. The molecule has 0 aliphatic carbocycles. The number of anilines is 1. The lowest BCUT2D eigenvalue weighted by atomic mass is 9.98. The highest BCUT2D eigenvalue weighted by atomic mass is 19.1. The van der Waals surface area contributed by atoms with Gasteiger partial charge in [-0.15, -0.1) is 0 Å². The molecule has 0 unspecified atom stereocenters. The minimum atomic E-state index is -0.583. The molecule has 0 spiro atoms. The van der Waals surface area contributed by atoms with Gasteiger partial charge in [-0.05, 0) is 41.0 Å². The van der Waals surface area contributed by atoms with E-state index in [0.29, 0.717) is 34.2 Å². The number of rotatable bonds is 4. The number of alkyl halides is 1. The number of hydrogen-bond donors (Lipinski definition) is 1. The van der Waals surface area contributed by atoms with Crippen molar-refractivity contribution in [1.29, 1.82) is 0 Å². The zero-order chi connectivity index (χ0) is 17.9. The van der Waals surface area contributed by atoms with E-state index in [9.17, 15) is 4.39 Å². The summed E-state index contributed by atoms with van der Waals surface area (Å²) < 4.78 is 18.9. The van der Waals surface area contributed by atoms with E-state index in [1.54, 1.807) is 24.4 Å². The van der Waals surface area contributed by atoms with Gasteiger partial charge in [-0.1, -0.05) is 41.6 Å². The summed E-state index contributed by atoms with van der Waals surface area (Å²) in [6, 6.07) is 18.6. The fourth-order valence-corrected chi connectivity index (χ4v) is 2.78. The van der Waals surface area contributed by atoms with Crippen molar-refractivity contribution in [3.63, 3.8) is 0 Å². The number of nitrogen functional groups attached to an aromatic ring is 1. The first kappa shape index (κ1) is 16.0. The molecule has 4 aromatic rings. The summed E-state index contributed by atoms with van der Waals surface area (Å²) in [5.74, 6) is 1.11. The largest absolute Gasteiger partial charge is 0.384 e. The van der Waals surface area contributed by atoms with Crippen molar-refractivity contribution in [2.45, 2.75) is 6.67 Å². The molecule has 0 atom stereocenters. The lowest BCUT2D eigenvalue weighted by Gasteiger charge is -2.08. The summed E-state index contributed by atoms with van der Waals surface area (Å²) in [4.78, 5) is 8.33. The first-order chi connectivity index (χ1) is 12.7. The Hall–Kier alpha value is -3.54. The number of pyridine rings is 1. The van der Waals surface area contributed by atoms with E-state index in [1.165, 1.54) is 0 Å². The maximum atomic E-state index is 13.6. The molecule has 0 fully saturated rings. The molecule has 0 aliphatic rings. The van der Waals surface area contributed by atoms with Crippen molar-refractivity contribution in [2.24, 2.45) is 0 Å². The third kappa shape index (κ3) is 3.04. The molecule has 2 N–H and O–H groups in total. The standard InChI is InChI=1S/C20H15FN4O/c21-12-16-10-15(6-7-17(16)13-4-2-1-3-5-13)20-24-19(25-26-20)14-8-9-23-18(22)11-14/h1-11H,12H2,(H2,22,23). The molecule has 2 aromatic carbocycles. The number of benzene rings is 2. The minimum Gasteiger partial charge on any atom is -0.384 e. The average Bonchev–Trinajstić information content (AvgIpc) is 3.18. The number of nitrogens with zero attached hydrogens (tertiary/aromatic N) is 3. The molecule has 26 heavy (non-hydrogen) atoms. The van der Waals surface area contributed by atoms with Gasteiger partial charge in [0.2, 0.25) is 5.82 Å². The van der Waals surface area contributed by atoms with E-state index in [4.69, 9.17) is 10.3 Å². The maximum Gasteiger partial charge on any atom is 0.258 e. The Morgan fingerprint density at radius 3 is 2.54 bits per heavy atom. The molecule has 0 saturated heterocycles. The van der Waals surface area contributed by atoms with Crippen LogP contribution in [-0.2, 0) is 6.67 Å². The van der Waals surface area contributed by atoms with Crippen molar-refractivity contribution in [2.75, 3.05) is 5.73 Å². The minimum absolute atomic E-state index is 0.324. The summed E-state index contributed by atoms with van der Waals surface area (Å²) in [6.45, 7) is -0.583. The van der Waals surface area contributed by atoms with E-state index < -0.39 is 6.67 Å². The molecule has 128 valence electrons. The van der Waals surface area contributed by atoms with Crippen LogP contribution in [0.3, 0.4) is 0 Å². The monoisotopic (exact) mass is 346 g/mol. The normalized spacial score (nSPS) is 10.8. The van der Waals surface area contributed by atoms with Gasteiger partial charge in [0.1, 0.15) is 12.5 Å². The highest BCUT2D eigenvalue weighted by Crippen LogP contribution is 2.30. The van der Waals surface area contributed by atoms with Crippen molar-refractivity contribution in [3.8, 4) is 34.0 Å². The molecular formula is C20H15FN4O. The Balaban J connectivity index is 1.71. The maximum absolute atomic E-state index is 13.6. The van der Waals surface area contributed by atoms with Gasteiger partial charge >= 0.3 is 0 Å². The topological polar surface area (TPSA) is 77.8 Å². The van der Waals surface area contributed by atoms with E-state index in [2.05, 4.69) is 15.1 Å². The summed E-state index contributed by atoms with van der Waals surface area (Å²) in [7, 11) is 0. The number of aromatic nitrogens is 3. The van der Waals surface area contributed by atoms with Gasteiger partial charge in [0.05, 0.1) is 0 Å². The zero-order valence-electron chi connectivity index (χ0n) is 13.8. The van der Waals surface area contributed by atoms with Gasteiger partial charge in [0, 0.05) is 17.3 Å². The van der Waals surface area contributed by atoms with Crippen LogP contribution in [0.4, 0.5) is 10.2 Å². The SMILES string of the molecule is Nc1cc(-c2noc(-c3ccc(-c4ccccc4)c(CF)c3)n2)ccn1. The quantitative estimate of drug-likeness (QED) is 0.588. The van der Waals surface area contributed by atoms with Crippen molar-refractivity contribution < 1.29 is 8.91 Å². The van der Waals surface area contributed by atoms with Crippen LogP contribution in [0.25, 0.3) is 34.0 Å². The third-order valence-electron chi connectivity index (χ3n) is 4.05. The second kappa shape index (κ2) is 6.76. The van der Waals surface area contributed by atoms with Gasteiger partial charge in [0.15, 0.2) is 0 Å². The molecule has 2 aromatic heterocycles. The Labute approximate surface area is 149 Å². The molecule has 0 amide bonds. The molecule has 0 aliphatic heterocycles. The fraction of sp³-hybridized carbons (Fsp3) is 0.0500. The third-order valence-corrected chi connectivity index (χ3v) is 4.05. The van der Waals surface area contributed by atoms with Gasteiger partial charge in [-0.3, -0.25) is 0 Å². The lowest BCUT2D eigenvalue weighted by molar-refractivity contribution is 0.432. The molecule has 5 nitrogen and oxygen atoms in total. The Morgan fingerprint density at radius 1 is 0.923 bits per heavy atom. The summed E-state index contributed by atoms with van der Waals surface area (Å²) in [5.41, 5.74) is 9.44. The predicted molar refractivity (Wildman–Crippen MR) is 97.6 cm³/mol. The van der Waals surface area contributed by atoms with E-state index in [0.717, 1.165) is 11.1 Å². The van der Waals surface area contributed by atoms with Gasteiger partial charge in [-0.25, -0.2) is 9.37 Å². The van der Waals surface area contributed by atoms with Crippen molar-refractivity contribution >= 4 is 5.82 Å². The summed E-state index contributed by atoms with van der Waals surface area (Å²) >= 11 is 0. The van der Waals surface area contributed by atoms with Crippen molar-refractivity contribution in [3.05, 3.63) is 72.4 Å². The smallest absolute Gasteiger partial charge is 0.258 e. The first-order valence-corrected chi connectivity index (χ1v) is 8.05. The molecule has 4 rings (SSSR count). The predicted octanol–water partition coefficient (Wildman–Crippen LogP) is 4.52. The van der Waals surface area contributed by atoms with Gasteiger partial charge in [-0.2, -0.15) is 4.98 Å². The van der Waals surface area contributed by atoms with E-state index in [-0.39, 0.29) is 0 Å². The molecule has 0 bridgehead atoms. The van der Waals surface area contributed by atoms with Crippen LogP contribution < -0.4 is 5.73 Å². The van der Waals surface area contributed by atoms with E-state index in [1.807, 2.05) is 42.5 Å². The van der Waals surface area contributed by atoms with Crippen LogP contribution in [0.15, 0.2) is 71.4 Å². The lowest BCUT2D eigenvalue weighted by Crippen LogP contribution is -1.90. The van der Waals surface area contributed by atoms with Gasteiger partial charge in [0.25, 0.3) is 5.89 Å². The molecule has 2 heterocycles. The Kier molecular flexibility index (Phi) is 4.15. The fourth-order valence-electron chi connectivity index (χ4n) is 2.78. The van der Waals surface area contributed by atoms with Crippen LogP contribution in [-0.4, -0.2) is 15.1 Å². The number of halogens is 1. The van der Waals surface area contributed by atoms with E-state index >= 15 is 0 Å². The molecule has 0 radical (unpaired) electrons. The van der Waals surface area contributed by atoms with Crippen LogP contribution in [0.2, 0.25) is 0 Å². The summed E-state index contributed by atoms with van der Waals surface area (Å²) in [5, 5.41) is 3.98. The Morgan fingerprint density at radius 2 is 1.77 bits per heavy atom. The molecule has 0 saturated carbocycles. The van der Waals surface area contributed by atoms with Gasteiger partial charge < -0.3 is 10.3 Å². The number of nitrogens with two attached hydrogens (primary N) is 1. The zero-order valence-corrected chi connectivity index (χ0v) is 13.8. The van der Waals surface area contributed by atoms with Crippen LogP contribution in [0.5, 0.6) is 0 Å². The first-order valence-electron chi connectivity index (χ1n) is 8.05. The molecule has 6 heteroatoms. The van der Waals surface area contributed by atoms with Crippen LogP contribution in [0, 0.1) is 0 Å². The Bertz CT molecular complexity index is 1050. The average molecular weight is 346 g/mol. The van der Waals surface area contributed by atoms with Crippen LogP contribution >= 0.6 is 0 Å².